The molecule has 1 unspecified atom stereocenters. The van der Waals surface area contributed by atoms with Gasteiger partial charge in [-0.2, -0.15) is 5.26 Å². The molecule has 0 aliphatic rings. The number of rotatable bonds is 11. The van der Waals surface area contributed by atoms with Crippen molar-refractivity contribution in [3.8, 4) is 6.07 Å². The van der Waals surface area contributed by atoms with Crippen LogP contribution < -0.4 is 10.6 Å². The highest BCUT2D eigenvalue weighted by Crippen LogP contribution is 2.06. The van der Waals surface area contributed by atoms with Crippen molar-refractivity contribution in [2.24, 2.45) is 5.92 Å². The molecule has 1 amide bonds. The molecule has 0 spiro atoms. The second-order valence-electron chi connectivity index (χ2n) is 4.95. The summed E-state index contributed by atoms with van der Waals surface area (Å²) in [6.07, 6.45) is 1.49. The minimum absolute atomic E-state index is 0.0753. The largest absolute Gasteiger partial charge is 0.480 e. The number of hydrogen-bond acceptors (Lipinski definition) is 6. The molecule has 0 aromatic rings. The van der Waals surface area contributed by atoms with Crippen LogP contribution >= 0.6 is 0 Å². The van der Waals surface area contributed by atoms with Gasteiger partial charge in [-0.1, -0.05) is 13.8 Å². The van der Waals surface area contributed by atoms with Crippen molar-refractivity contribution in [3.63, 3.8) is 0 Å². The highest BCUT2D eigenvalue weighted by atomic mass is 16.5. The molecule has 4 N–H and O–H groups in total. The van der Waals surface area contributed by atoms with E-state index < -0.39 is 17.9 Å². The average Bonchev–Trinajstić information content (AvgIpc) is 2.45. The van der Waals surface area contributed by atoms with Crippen molar-refractivity contribution in [1.29, 1.82) is 5.26 Å². The van der Waals surface area contributed by atoms with Crippen LogP contribution in [0.15, 0.2) is 11.8 Å². The van der Waals surface area contributed by atoms with Crippen LogP contribution in [-0.2, 0) is 14.3 Å². The van der Waals surface area contributed by atoms with Gasteiger partial charge in [0.1, 0.15) is 17.7 Å². The van der Waals surface area contributed by atoms with E-state index >= 15 is 0 Å². The predicted octanol–water partition coefficient (Wildman–Crippen LogP) is -0.392. The Morgan fingerprint density at radius 2 is 2.05 bits per heavy atom. The molecular weight excluding hydrogens is 290 g/mol. The van der Waals surface area contributed by atoms with Gasteiger partial charge >= 0.3 is 5.97 Å². The van der Waals surface area contributed by atoms with E-state index in [2.05, 4.69) is 10.6 Å². The third-order valence-corrected chi connectivity index (χ3v) is 2.55. The fourth-order valence-electron chi connectivity index (χ4n) is 1.55. The minimum Gasteiger partial charge on any atom is -0.480 e. The van der Waals surface area contributed by atoms with Crippen LogP contribution in [0.25, 0.3) is 0 Å². The molecule has 0 aliphatic carbocycles. The maximum atomic E-state index is 11.9. The van der Waals surface area contributed by atoms with E-state index in [0.717, 1.165) is 0 Å². The summed E-state index contributed by atoms with van der Waals surface area (Å²) in [5, 5.41) is 31.6. The summed E-state index contributed by atoms with van der Waals surface area (Å²) in [6.45, 7) is 4.49. The summed E-state index contributed by atoms with van der Waals surface area (Å²) in [5.41, 5.74) is -0.211. The van der Waals surface area contributed by atoms with E-state index in [1.807, 2.05) is 13.8 Å². The van der Waals surface area contributed by atoms with Gasteiger partial charge in [-0.25, -0.2) is 4.79 Å². The Kier molecular flexibility index (Phi) is 10.4. The van der Waals surface area contributed by atoms with Gasteiger partial charge in [0.25, 0.3) is 5.91 Å². The number of carbonyl (C=O) groups excluding carboxylic acids is 1. The van der Waals surface area contributed by atoms with Crippen LogP contribution in [0.2, 0.25) is 0 Å². The minimum atomic E-state index is -1.13. The van der Waals surface area contributed by atoms with E-state index in [1.165, 1.54) is 6.20 Å². The molecule has 0 rings (SSSR count). The number of carboxylic acid groups (broad SMARTS) is 1. The molecule has 0 radical (unpaired) electrons. The van der Waals surface area contributed by atoms with Gasteiger partial charge in [0, 0.05) is 12.7 Å². The normalized spacial score (nSPS) is 12.6. The zero-order chi connectivity index (χ0) is 17.0. The molecule has 0 heterocycles. The van der Waals surface area contributed by atoms with Crippen molar-refractivity contribution < 1.29 is 24.5 Å². The van der Waals surface area contributed by atoms with Crippen LogP contribution in [0.3, 0.4) is 0 Å². The van der Waals surface area contributed by atoms with Crippen molar-refractivity contribution in [2.45, 2.75) is 26.3 Å². The second-order valence-corrected chi connectivity index (χ2v) is 4.95. The van der Waals surface area contributed by atoms with E-state index in [1.54, 1.807) is 6.07 Å². The molecular formula is C14H23N3O5. The number of aliphatic hydroxyl groups is 1. The Bertz CT molecular complexity index is 429. The molecule has 8 heteroatoms. The summed E-state index contributed by atoms with van der Waals surface area (Å²) >= 11 is 0. The first-order valence-corrected chi connectivity index (χ1v) is 6.98. The second kappa shape index (κ2) is 11.5. The third kappa shape index (κ3) is 8.94. The lowest BCUT2D eigenvalue weighted by Crippen LogP contribution is -2.42. The summed E-state index contributed by atoms with van der Waals surface area (Å²) in [5.74, 6) is -1.78. The van der Waals surface area contributed by atoms with Crippen LogP contribution in [0.4, 0.5) is 0 Å². The lowest BCUT2D eigenvalue weighted by atomic mass is 10.0. The molecule has 0 bridgehead atoms. The number of hydrogen-bond donors (Lipinski definition) is 4. The van der Waals surface area contributed by atoms with Gasteiger partial charge in [-0.3, -0.25) is 4.79 Å². The number of nitrogens with one attached hydrogen (secondary N) is 2. The summed E-state index contributed by atoms with van der Waals surface area (Å²) in [6, 6.07) is 0.684. The number of carboxylic acids is 1. The number of carbonyl (C=O) groups is 2. The standard InChI is InChI=1S/C14H23N3O5/c1-10(2)7-12(14(20)21)17-13(19)11(8-15)9-16-3-5-22-6-4-18/h9-10,12,16,18H,3-7H2,1-2H3,(H,17,19)(H,20,21)/b11-9-. The van der Waals surface area contributed by atoms with Crippen LogP contribution in [0.1, 0.15) is 20.3 Å². The zero-order valence-corrected chi connectivity index (χ0v) is 12.8. The number of nitriles is 1. The fourth-order valence-corrected chi connectivity index (χ4v) is 1.55. The number of aliphatic carboxylic acids is 1. The molecule has 0 saturated heterocycles. The molecule has 124 valence electrons. The third-order valence-electron chi connectivity index (χ3n) is 2.55. The van der Waals surface area contributed by atoms with Gasteiger partial charge in [0.15, 0.2) is 0 Å². The monoisotopic (exact) mass is 313 g/mol. The van der Waals surface area contributed by atoms with Gasteiger partial charge in [0.2, 0.25) is 0 Å². The Hall–Kier alpha value is -2.11. The van der Waals surface area contributed by atoms with Crippen LogP contribution in [0, 0.1) is 17.2 Å². The van der Waals surface area contributed by atoms with Crippen molar-refractivity contribution in [1.82, 2.24) is 10.6 Å². The molecule has 0 fully saturated rings. The maximum absolute atomic E-state index is 11.9. The topological polar surface area (TPSA) is 132 Å². The fraction of sp³-hybridized carbons (Fsp3) is 0.643. The first-order chi connectivity index (χ1) is 10.4. The molecule has 8 nitrogen and oxygen atoms in total. The maximum Gasteiger partial charge on any atom is 0.326 e. The smallest absolute Gasteiger partial charge is 0.326 e. The van der Waals surface area contributed by atoms with Gasteiger partial charge < -0.3 is 25.6 Å². The van der Waals surface area contributed by atoms with Gasteiger partial charge in [0.05, 0.1) is 19.8 Å². The van der Waals surface area contributed by atoms with Gasteiger partial charge in [-0.05, 0) is 12.3 Å². The number of aliphatic hydroxyl groups excluding tert-OH is 1. The molecule has 0 saturated carbocycles. The molecule has 0 aromatic heterocycles. The molecule has 0 aromatic carbocycles. The highest BCUT2D eigenvalue weighted by Gasteiger charge is 2.22. The zero-order valence-electron chi connectivity index (χ0n) is 12.8. The summed E-state index contributed by atoms with van der Waals surface area (Å²) in [7, 11) is 0. The predicted molar refractivity (Wildman–Crippen MR) is 78.6 cm³/mol. The lowest BCUT2D eigenvalue weighted by Gasteiger charge is -2.16. The Balaban J connectivity index is 4.44. The summed E-state index contributed by atoms with van der Waals surface area (Å²) in [4.78, 5) is 22.9. The Labute approximate surface area is 129 Å². The van der Waals surface area contributed by atoms with Gasteiger partial charge in [-0.15, -0.1) is 0 Å². The van der Waals surface area contributed by atoms with Crippen molar-refractivity contribution in [2.75, 3.05) is 26.4 Å². The number of ether oxygens (including phenoxy) is 1. The van der Waals surface area contributed by atoms with E-state index in [0.29, 0.717) is 13.2 Å². The van der Waals surface area contributed by atoms with E-state index in [9.17, 15) is 9.59 Å². The first kappa shape index (κ1) is 19.9. The highest BCUT2D eigenvalue weighted by molar-refractivity contribution is 5.99. The Morgan fingerprint density at radius 1 is 1.36 bits per heavy atom. The Morgan fingerprint density at radius 3 is 2.55 bits per heavy atom. The van der Waals surface area contributed by atoms with E-state index in [-0.39, 0.29) is 31.1 Å². The van der Waals surface area contributed by atoms with Crippen LogP contribution in [0.5, 0.6) is 0 Å². The molecule has 1 atom stereocenters. The number of amides is 1. The van der Waals surface area contributed by atoms with Crippen molar-refractivity contribution >= 4 is 11.9 Å². The SMILES string of the molecule is CC(C)CC(NC(=O)/C(C#N)=C\NCCOCCO)C(=O)O. The summed E-state index contributed by atoms with van der Waals surface area (Å²) < 4.78 is 5.00. The average molecular weight is 313 g/mol. The van der Waals surface area contributed by atoms with Crippen LogP contribution in [-0.4, -0.2) is 54.5 Å². The first-order valence-electron chi connectivity index (χ1n) is 6.98. The molecule has 0 aliphatic heterocycles. The quantitative estimate of drug-likeness (QED) is 0.232. The van der Waals surface area contributed by atoms with E-state index in [4.69, 9.17) is 20.2 Å². The van der Waals surface area contributed by atoms with Crippen molar-refractivity contribution in [3.05, 3.63) is 11.8 Å². The molecule has 22 heavy (non-hydrogen) atoms. The lowest BCUT2D eigenvalue weighted by molar-refractivity contribution is -0.141. The number of nitrogens with zero attached hydrogens (tertiary/aromatic N) is 1.